The third-order valence-electron chi connectivity index (χ3n) is 3.29. The molecular formula is C12H15ClINOS. The maximum atomic E-state index is 12.2. The van der Waals surface area contributed by atoms with E-state index in [0.29, 0.717) is 5.92 Å². The van der Waals surface area contributed by atoms with E-state index < -0.39 is 0 Å². The predicted molar refractivity (Wildman–Crippen MR) is 81.0 cm³/mol. The van der Waals surface area contributed by atoms with E-state index in [4.69, 9.17) is 11.6 Å². The van der Waals surface area contributed by atoms with Crippen molar-refractivity contribution in [3.05, 3.63) is 19.9 Å². The quantitative estimate of drug-likeness (QED) is 0.561. The minimum atomic E-state index is 0.171. The number of piperidine rings is 1. The molecule has 1 fully saturated rings. The molecular weight excluding hydrogens is 369 g/mol. The van der Waals surface area contributed by atoms with Gasteiger partial charge in [0.25, 0.3) is 5.91 Å². The molecule has 0 radical (unpaired) electrons. The molecule has 0 bridgehead atoms. The molecule has 17 heavy (non-hydrogen) atoms. The average Bonchev–Trinajstić information content (AvgIpc) is 2.75. The summed E-state index contributed by atoms with van der Waals surface area (Å²) in [4.78, 5) is 14.1. The van der Waals surface area contributed by atoms with Crippen LogP contribution in [0.1, 0.15) is 30.1 Å². The Hall–Kier alpha value is 0.190. The van der Waals surface area contributed by atoms with Gasteiger partial charge in [-0.2, -0.15) is 0 Å². The van der Waals surface area contributed by atoms with Gasteiger partial charge < -0.3 is 4.90 Å². The van der Waals surface area contributed by atoms with Crippen molar-refractivity contribution in [2.24, 2.45) is 5.92 Å². The number of carbonyl (C=O) groups is 1. The van der Waals surface area contributed by atoms with Gasteiger partial charge in [-0.3, -0.25) is 4.79 Å². The van der Waals surface area contributed by atoms with Gasteiger partial charge in [-0.15, -0.1) is 22.9 Å². The molecule has 0 N–H and O–H groups in total. The molecule has 1 aromatic heterocycles. The minimum Gasteiger partial charge on any atom is -0.339 e. The van der Waals surface area contributed by atoms with E-state index in [-0.39, 0.29) is 11.3 Å². The molecule has 5 heteroatoms. The van der Waals surface area contributed by atoms with Crippen LogP contribution in [0.4, 0.5) is 0 Å². The molecule has 2 rings (SSSR count). The van der Waals surface area contributed by atoms with Crippen LogP contribution in [-0.4, -0.2) is 29.3 Å². The van der Waals surface area contributed by atoms with Gasteiger partial charge in [-0.05, 0) is 54.3 Å². The van der Waals surface area contributed by atoms with Gasteiger partial charge in [-0.1, -0.05) is 0 Å². The molecule has 0 aliphatic carbocycles. The zero-order chi connectivity index (χ0) is 12.4. The summed E-state index contributed by atoms with van der Waals surface area (Å²) >= 11 is 9.97. The summed E-state index contributed by atoms with van der Waals surface area (Å²) in [6, 6.07) is 1.96. The van der Waals surface area contributed by atoms with Crippen molar-refractivity contribution >= 4 is 51.4 Å². The topological polar surface area (TPSA) is 20.3 Å². The van der Waals surface area contributed by atoms with E-state index in [9.17, 15) is 4.79 Å². The zero-order valence-corrected chi connectivity index (χ0v) is 13.4. The van der Waals surface area contributed by atoms with Crippen molar-refractivity contribution in [2.45, 2.75) is 25.1 Å². The highest BCUT2D eigenvalue weighted by atomic mass is 127. The van der Waals surface area contributed by atoms with Gasteiger partial charge in [0.1, 0.15) is 0 Å². The molecule has 1 amide bonds. The Bertz CT molecular complexity index is 399. The lowest BCUT2D eigenvalue weighted by atomic mass is 9.94. The third kappa shape index (κ3) is 3.35. The van der Waals surface area contributed by atoms with Crippen LogP contribution < -0.4 is 0 Å². The molecule has 1 unspecified atom stereocenters. The summed E-state index contributed by atoms with van der Waals surface area (Å²) in [6.45, 7) is 3.73. The number of amides is 1. The molecule has 1 aliphatic rings. The van der Waals surface area contributed by atoms with Crippen molar-refractivity contribution in [1.82, 2.24) is 4.90 Å². The SMILES string of the molecule is CC(Cl)C1CCN(C(=O)c2csc(I)c2)CC1. The maximum Gasteiger partial charge on any atom is 0.254 e. The number of rotatable bonds is 2. The number of hydrogen-bond acceptors (Lipinski definition) is 2. The molecule has 0 spiro atoms. The Balaban J connectivity index is 1.95. The Morgan fingerprint density at radius 1 is 1.59 bits per heavy atom. The molecule has 2 heterocycles. The maximum absolute atomic E-state index is 12.2. The molecule has 2 nitrogen and oxygen atoms in total. The largest absolute Gasteiger partial charge is 0.339 e. The highest BCUT2D eigenvalue weighted by Gasteiger charge is 2.26. The molecule has 1 aromatic rings. The van der Waals surface area contributed by atoms with Crippen molar-refractivity contribution in [1.29, 1.82) is 0 Å². The Labute approximate surface area is 124 Å². The van der Waals surface area contributed by atoms with Crippen molar-refractivity contribution < 1.29 is 4.79 Å². The molecule has 0 saturated carbocycles. The summed E-state index contributed by atoms with van der Waals surface area (Å²) in [5.41, 5.74) is 0.830. The average molecular weight is 384 g/mol. The van der Waals surface area contributed by atoms with Gasteiger partial charge in [0, 0.05) is 23.8 Å². The number of alkyl halides is 1. The number of likely N-dealkylation sites (tertiary alicyclic amines) is 1. The summed E-state index contributed by atoms with van der Waals surface area (Å²) in [7, 11) is 0. The van der Waals surface area contributed by atoms with Gasteiger partial charge >= 0.3 is 0 Å². The predicted octanol–water partition coefficient (Wildman–Crippen LogP) is 3.83. The Kier molecular flexibility index (Phi) is 4.72. The summed E-state index contributed by atoms with van der Waals surface area (Å²) < 4.78 is 1.16. The van der Waals surface area contributed by atoms with E-state index in [1.165, 1.54) is 0 Å². The fourth-order valence-electron chi connectivity index (χ4n) is 2.17. The molecule has 1 saturated heterocycles. The van der Waals surface area contributed by atoms with Crippen LogP contribution in [0.15, 0.2) is 11.4 Å². The lowest BCUT2D eigenvalue weighted by Gasteiger charge is -2.33. The fraction of sp³-hybridized carbons (Fsp3) is 0.583. The number of hydrogen-bond donors (Lipinski definition) is 0. The number of halogens is 2. The number of nitrogens with zero attached hydrogens (tertiary/aromatic N) is 1. The van der Waals surface area contributed by atoms with Crippen LogP contribution in [0.5, 0.6) is 0 Å². The first-order valence-electron chi connectivity index (χ1n) is 5.75. The van der Waals surface area contributed by atoms with E-state index in [1.807, 2.05) is 23.3 Å². The van der Waals surface area contributed by atoms with E-state index in [0.717, 1.165) is 34.4 Å². The Morgan fingerprint density at radius 2 is 2.24 bits per heavy atom. The van der Waals surface area contributed by atoms with Gasteiger partial charge in [0.05, 0.1) is 8.45 Å². The summed E-state index contributed by atoms with van der Waals surface area (Å²) in [5, 5.41) is 2.16. The molecule has 94 valence electrons. The van der Waals surface area contributed by atoms with E-state index in [2.05, 4.69) is 22.6 Å². The zero-order valence-electron chi connectivity index (χ0n) is 9.66. The summed E-state index contributed by atoms with van der Waals surface area (Å²) in [6.07, 6.45) is 2.05. The van der Waals surface area contributed by atoms with Gasteiger partial charge in [-0.25, -0.2) is 0 Å². The second kappa shape index (κ2) is 5.89. The Morgan fingerprint density at radius 3 is 2.71 bits per heavy atom. The van der Waals surface area contributed by atoms with Crippen molar-refractivity contribution in [3.8, 4) is 0 Å². The third-order valence-corrected chi connectivity index (χ3v) is 5.44. The lowest BCUT2D eigenvalue weighted by Crippen LogP contribution is -2.39. The van der Waals surface area contributed by atoms with E-state index >= 15 is 0 Å². The molecule has 1 aliphatic heterocycles. The molecule has 1 atom stereocenters. The highest BCUT2D eigenvalue weighted by molar-refractivity contribution is 14.1. The normalized spacial score (nSPS) is 19.4. The monoisotopic (exact) mass is 383 g/mol. The number of carbonyl (C=O) groups excluding carboxylic acids is 1. The van der Waals surface area contributed by atoms with Crippen LogP contribution in [0.25, 0.3) is 0 Å². The first-order chi connectivity index (χ1) is 8.08. The van der Waals surface area contributed by atoms with Gasteiger partial charge in [0.2, 0.25) is 0 Å². The van der Waals surface area contributed by atoms with Crippen LogP contribution >= 0.6 is 45.5 Å². The first kappa shape index (κ1) is 13.6. The second-order valence-corrected chi connectivity index (χ2v) is 7.94. The first-order valence-corrected chi connectivity index (χ1v) is 8.15. The van der Waals surface area contributed by atoms with Crippen LogP contribution in [-0.2, 0) is 0 Å². The number of thiophene rings is 1. The molecule has 0 aromatic carbocycles. The van der Waals surface area contributed by atoms with Crippen molar-refractivity contribution in [3.63, 3.8) is 0 Å². The van der Waals surface area contributed by atoms with Gasteiger partial charge in [0.15, 0.2) is 0 Å². The summed E-state index contributed by atoms with van der Waals surface area (Å²) in [5.74, 6) is 0.730. The second-order valence-electron chi connectivity index (χ2n) is 4.45. The standard InChI is InChI=1S/C12H15ClINOS/c1-8(13)9-2-4-15(5-3-9)12(16)10-6-11(14)17-7-10/h6-9H,2-5H2,1H3. The highest BCUT2D eigenvalue weighted by Crippen LogP contribution is 2.25. The smallest absolute Gasteiger partial charge is 0.254 e. The lowest BCUT2D eigenvalue weighted by molar-refractivity contribution is 0.0690. The van der Waals surface area contributed by atoms with Crippen molar-refractivity contribution in [2.75, 3.05) is 13.1 Å². The van der Waals surface area contributed by atoms with E-state index in [1.54, 1.807) is 11.3 Å². The minimum absolute atomic E-state index is 0.171. The fourth-order valence-corrected chi connectivity index (χ4v) is 3.74. The van der Waals surface area contributed by atoms with Crippen LogP contribution in [0.2, 0.25) is 0 Å². The van der Waals surface area contributed by atoms with Crippen LogP contribution in [0, 0.1) is 8.80 Å². The van der Waals surface area contributed by atoms with Crippen LogP contribution in [0.3, 0.4) is 0 Å².